The van der Waals surface area contributed by atoms with Gasteiger partial charge in [-0.15, -0.1) is 0 Å². The second-order valence-electron chi connectivity index (χ2n) is 36.6. The number of allylic oxidation sites excluding steroid dienone is 1. The molecule has 4 aliphatic carbocycles. The zero-order valence-corrected chi connectivity index (χ0v) is 88.2. The van der Waals surface area contributed by atoms with Crippen LogP contribution in [0.2, 0.25) is 5.28 Å². The van der Waals surface area contributed by atoms with Crippen molar-refractivity contribution in [1.29, 1.82) is 0 Å². The van der Waals surface area contributed by atoms with Gasteiger partial charge in [0.2, 0.25) is 58.1 Å². The maximum absolute atomic E-state index is 12.2. The summed E-state index contributed by atoms with van der Waals surface area (Å²) in [6.45, 7) is 12.7. The fourth-order valence-electron chi connectivity index (χ4n) is 15.0. The van der Waals surface area contributed by atoms with Crippen LogP contribution in [-0.4, -0.2) is 286 Å². The number of carbonyl (C=O) groups excluding carboxylic acids is 2. The van der Waals surface area contributed by atoms with E-state index in [0.29, 0.717) is 118 Å². The minimum atomic E-state index is -0.828. The van der Waals surface area contributed by atoms with Crippen LogP contribution in [0.3, 0.4) is 0 Å². The number of ether oxygens (including phenoxy) is 4. The number of nitrogens with one attached hydrogen (secondary N) is 8. The van der Waals surface area contributed by atoms with E-state index in [9.17, 15) is 50.2 Å². The smallest absolute Gasteiger partial charge is 0.294 e. The number of nitrogens with zero attached hydrogens (tertiary/aromatic N) is 22. The molecular formula is C102H130Cl2N32O14. The first-order chi connectivity index (χ1) is 71.5. The average Bonchev–Trinajstić information content (AvgIpc) is 1.60. The lowest BCUT2D eigenvalue weighted by atomic mass is 10.1. The Balaban J connectivity index is 0.000000180. The Labute approximate surface area is 880 Å². The largest absolute Gasteiger partial charge is 0.495 e. The summed E-state index contributed by atoms with van der Waals surface area (Å²) in [5.41, 5.74) is 20.8. The summed E-state index contributed by atoms with van der Waals surface area (Å²) in [4.78, 5) is 110. The highest BCUT2D eigenvalue weighted by Crippen LogP contribution is 2.53. The maximum atomic E-state index is 12.2. The number of likely N-dealkylation sites (N-methyl/N-ethyl adjacent to an activating group) is 8. The number of aromatic nitrogens is 12. The molecule has 8 aromatic carbocycles. The first-order valence-corrected chi connectivity index (χ1v) is 48.2. The minimum absolute atomic E-state index is 0.0143. The summed E-state index contributed by atoms with van der Waals surface area (Å²) < 4.78 is 21.9. The van der Waals surface area contributed by atoms with E-state index in [1.807, 2.05) is 217 Å². The molecule has 0 radical (unpaired) electrons. The molecule has 4 heterocycles. The molecule has 48 heteroatoms. The third kappa shape index (κ3) is 32.5. The zero-order chi connectivity index (χ0) is 109. The lowest BCUT2D eigenvalue weighted by molar-refractivity contribution is -0.384. The van der Waals surface area contributed by atoms with E-state index in [1.54, 1.807) is 39.5 Å². The molecule has 796 valence electrons. The molecular weight excluding hydrogens is 1970 g/mol. The van der Waals surface area contributed by atoms with Gasteiger partial charge in [-0.3, -0.25) is 29.8 Å². The fourth-order valence-corrected chi connectivity index (χ4v) is 15.1. The van der Waals surface area contributed by atoms with Crippen molar-refractivity contribution in [2.45, 2.75) is 73.8 Å². The van der Waals surface area contributed by atoms with E-state index in [-0.39, 0.29) is 46.1 Å². The van der Waals surface area contributed by atoms with Crippen LogP contribution in [0.1, 0.15) is 73.6 Å². The molecule has 4 fully saturated rings. The number of nitro groups is 2. The minimum Gasteiger partial charge on any atom is -0.495 e. The fraction of sp³-hybridized carbons (Fsp3) is 0.353. The van der Waals surface area contributed by atoms with Gasteiger partial charge in [0.15, 0.2) is 0 Å². The highest BCUT2D eigenvalue weighted by molar-refractivity contribution is 6.66. The number of para-hydroxylation sites is 4. The van der Waals surface area contributed by atoms with Crippen LogP contribution in [0.5, 0.6) is 23.0 Å². The van der Waals surface area contributed by atoms with Crippen molar-refractivity contribution in [1.82, 2.24) is 79.4 Å². The van der Waals surface area contributed by atoms with E-state index in [2.05, 4.69) is 130 Å². The van der Waals surface area contributed by atoms with Crippen LogP contribution < -0.4 is 92.5 Å². The van der Waals surface area contributed by atoms with Crippen LogP contribution in [0.25, 0.3) is 0 Å². The third-order valence-electron chi connectivity index (χ3n) is 24.1. The van der Waals surface area contributed by atoms with Gasteiger partial charge in [-0.25, -0.2) is 39.9 Å². The monoisotopic (exact) mass is 2100 g/mol. The molecule has 12 aromatic rings. The van der Waals surface area contributed by atoms with Crippen LogP contribution in [0.15, 0.2) is 196 Å². The predicted molar refractivity (Wildman–Crippen MR) is 587 cm³/mol. The number of carbonyl (C=O) groups is 2. The average molecular weight is 2100 g/mol. The summed E-state index contributed by atoms with van der Waals surface area (Å²) in [5, 5.41) is 89.4. The lowest BCUT2D eigenvalue weighted by Crippen LogP contribution is -2.29. The Morgan fingerprint density at radius 1 is 0.367 bits per heavy atom. The molecule has 0 aliphatic heterocycles. The number of halogens is 2. The number of benzene rings is 8. The van der Waals surface area contributed by atoms with Gasteiger partial charge in [0.1, 0.15) is 59.7 Å². The van der Waals surface area contributed by atoms with Crippen molar-refractivity contribution in [3.8, 4) is 23.0 Å². The highest BCUT2D eigenvalue weighted by atomic mass is 35.5. The van der Waals surface area contributed by atoms with Crippen molar-refractivity contribution in [3.05, 3.63) is 244 Å². The number of anilines is 21. The summed E-state index contributed by atoms with van der Waals surface area (Å²) in [6.07, 6.45) is 13.7. The zero-order valence-electron chi connectivity index (χ0n) is 86.7. The summed E-state index contributed by atoms with van der Waals surface area (Å²) in [5.74, 6) is 3.79. The number of nitro benzene ring substituents is 2. The number of aliphatic hydroxyl groups is 4. The molecule has 4 aliphatic rings. The molecule has 150 heavy (non-hydrogen) atoms. The maximum Gasteiger partial charge on any atom is 0.294 e. The normalized spacial score (nSPS) is 13.5. The van der Waals surface area contributed by atoms with E-state index >= 15 is 0 Å². The van der Waals surface area contributed by atoms with E-state index < -0.39 is 37.5 Å². The Kier molecular flexibility index (Phi) is 40.1. The van der Waals surface area contributed by atoms with Crippen molar-refractivity contribution in [2.75, 3.05) is 239 Å². The summed E-state index contributed by atoms with van der Waals surface area (Å²) >= 11 is 10.4. The summed E-state index contributed by atoms with van der Waals surface area (Å²) in [6, 6.07) is 43.5. The van der Waals surface area contributed by atoms with Gasteiger partial charge in [-0.05, 0) is 180 Å². The molecule has 0 bridgehead atoms. The van der Waals surface area contributed by atoms with Gasteiger partial charge in [0.05, 0.1) is 106 Å². The van der Waals surface area contributed by atoms with Crippen molar-refractivity contribution in [2.24, 2.45) is 0 Å². The SMILES string of the molecule is C=CC(=O)Cl.C=CC(=O)Nc1cc(Nc2ncnc(Nc3ccccc3C3(O)CC3)n2)c(OC)cc1N(C)CCN(C)C.COc1cc(N(C)CCN(C)C)c(N)cc1Nc1ncnc(Nc2ccccc2C2(O)CC2)n1.COc1cc(N(C)CCN(C)C)c([N+](=O)[O-])cc1N.COc1cc(N(C)CCN(C)C)c([N+](=O)[O-])cc1Nc1ncnc(Nc2ccccc2C2(O)CC2)n1.OC1(c2ccccc2Nc2ncnc(Cl)n2)CC1. The Hall–Kier alpha value is -15.9. The lowest BCUT2D eigenvalue weighted by Gasteiger charge is -2.26. The molecule has 0 spiro atoms. The van der Waals surface area contributed by atoms with Crippen molar-refractivity contribution < 1.29 is 58.8 Å². The highest BCUT2D eigenvalue weighted by Gasteiger charge is 2.47. The van der Waals surface area contributed by atoms with Gasteiger partial charge in [-0.2, -0.15) is 19.9 Å². The second-order valence-corrected chi connectivity index (χ2v) is 37.3. The summed E-state index contributed by atoms with van der Waals surface area (Å²) in [7, 11) is 29.6. The number of hydrogen-bond acceptors (Lipinski definition) is 43. The predicted octanol–water partition coefficient (Wildman–Crippen LogP) is 14.0. The molecule has 4 aromatic heterocycles. The Morgan fingerprint density at radius 2 is 0.633 bits per heavy atom. The number of nitrogen functional groups attached to an aromatic ring is 2. The van der Waals surface area contributed by atoms with Crippen LogP contribution >= 0.6 is 23.2 Å². The number of rotatable bonds is 43. The first kappa shape index (κ1) is 114. The molecule has 0 saturated heterocycles. The van der Waals surface area contributed by atoms with E-state index in [4.69, 9.17) is 53.6 Å². The standard InChI is InChI=1S/C27H34N8O3.C24H30N8O4.C24H32N8O2.C12H11ClN4O.C12H20N4O3.C3H3ClO/c1-6-24(36)30-20-15-21(23(38-5)16-22(20)35(4)14-13-34(2)3)32-26-29-17-28-25(33-26)31-19-10-8-7-9-18(19)27(37)11-12-27;1-30(2)11-12-31(3)19-14-21(36-4)18(13-20(19)32(34)35)28-23-26-15-25-22(29-23)27-17-8-6-5-7-16(17)24(33)9-10-24;1-31(2)11-12-32(3)20-14-21(34-4)19(13-17(20)25)29-23-27-15-26-22(30-23)28-18-8-6-5-7-16(18)24(33)9-10-24;13-10-14-7-15-11(17-10)16-9-4-2-1-3-8(9)12(18)5-6-12;1-14(2)5-6-15(3)10-8-12(19-4)9(13)7-11(10)16(17)18;1-2-3(4)5/h6-10,15-17,37H,1,11-14H2,2-5H3,(H,30,36)(H2,28,29,31,32,33);5-8,13-15,33H,9-12H2,1-4H3,(H2,25,26,27,28,29);5-8,13-15,33H,9-12,25H2,1-4H3,(H2,26,27,28,29,30);1-4,7,18H,5-6H2,(H,14,15,16,17);7-8H,5-6,13H2,1-4H3;2H,1H2. The number of nitrogens with two attached hydrogens (primary N) is 2. The Morgan fingerprint density at radius 3 is 0.933 bits per heavy atom. The molecule has 46 nitrogen and oxygen atoms in total. The second kappa shape index (κ2) is 52.6. The van der Waals surface area contributed by atoms with Gasteiger partial charge in [0.25, 0.3) is 11.4 Å². The Bertz CT molecular complexity index is 6660. The first-order valence-electron chi connectivity index (χ1n) is 47.5. The third-order valence-corrected chi connectivity index (χ3v) is 24.4. The molecule has 1 amide bonds. The molecule has 4 saturated carbocycles. The van der Waals surface area contributed by atoms with Gasteiger partial charge in [-0.1, -0.05) is 86.0 Å². The molecule has 16 rings (SSSR count). The van der Waals surface area contributed by atoms with Crippen molar-refractivity contribution >= 4 is 167 Å². The van der Waals surface area contributed by atoms with E-state index in [0.717, 1.165) is 135 Å². The number of methoxy groups -OCH3 is 4. The topological polar surface area (TPSA) is 567 Å². The molecule has 0 unspecified atom stereocenters. The number of amides is 1. The van der Waals surface area contributed by atoms with Crippen LogP contribution in [0.4, 0.5) is 133 Å². The number of hydrogen-bond donors (Lipinski definition) is 14. The van der Waals surface area contributed by atoms with E-state index in [1.165, 1.54) is 57.7 Å². The van der Waals surface area contributed by atoms with Crippen LogP contribution in [0, 0.1) is 20.2 Å². The van der Waals surface area contributed by atoms with Crippen LogP contribution in [-0.2, 0) is 32.0 Å². The van der Waals surface area contributed by atoms with Gasteiger partial charge >= 0.3 is 0 Å². The quantitative estimate of drug-likeness (QED) is 0.00555. The van der Waals surface area contributed by atoms with Crippen molar-refractivity contribution in [3.63, 3.8) is 0 Å². The van der Waals surface area contributed by atoms with Gasteiger partial charge in [0, 0.05) is 162 Å². The molecule has 16 N–H and O–H groups in total. The van der Waals surface area contributed by atoms with Gasteiger partial charge < -0.3 is 133 Å². The molecule has 0 atom stereocenters.